The molecule has 4 fully saturated rings. The average Bonchev–Trinajstić information content (AvgIpc) is 4.01. The highest BCUT2D eigenvalue weighted by molar-refractivity contribution is 5.81. The molecule has 1 aliphatic carbocycles. The highest BCUT2D eigenvalue weighted by atomic mass is 16.8. The van der Waals surface area contributed by atoms with E-state index in [0.717, 1.165) is 36.1 Å². The molecule has 4 aliphatic heterocycles. The molecule has 5 aliphatic rings. The number of nitrogens with one attached hydrogen (secondary N) is 3. The number of aliphatic carboxylic acids is 2. The summed E-state index contributed by atoms with van der Waals surface area (Å²) in [5.41, 5.74) is 3.91. The molecule has 4 saturated heterocycles. The van der Waals surface area contributed by atoms with Crippen molar-refractivity contribution >= 4 is 29.8 Å². The van der Waals surface area contributed by atoms with Gasteiger partial charge in [0.2, 0.25) is 11.8 Å². The number of aliphatic hydroxyl groups excluding tert-OH is 12. The van der Waals surface area contributed by atoms with E-state index in [1.54, 1.807) is 0 Å². The van der Waals surface area contributed by atoms with Crippen molar-refractivity contribution in [2.45, 2.75) is 180 Å². The van der Waals surface area contributed by atoms with E-state index < -0.39 is 197 Å². The quantitative estimate of drug-likeness (QED) is 0.0412. The van der Waals surface area contributed by atoms with Gasteiger partial charge < -0.3 is 130 Å². The fraction of sp³-hybridized carbons (Fsp3) is 0.673. The van der Waals surface area contributed by atoms with Crippen molar-refractivity contribution in [1.29, 1.82) is 0 Å². The minimum atomic E-state index is -3.28. The van der Waals surface area contributed by atoms with Gasteiger partial charge in [-0.1, -0.05) is 48.5 Å². The van der Waals surface area contributed by atoms with Crippen molar-refractivity contribution in [1.82, 2.24) is 16.0 Å². The number of amides is 3. The summed E-state index contributed by atoms with van der Waals surface area (Å²) in [5.74, 6) is -8.68. The molecule has 0 unspecified atom stereocenters. The molecule has 22 atom stereocenters. The van der Waals surface area contributed by atoms with E-state index in [9.17, 15) is 95.5 Å². The van der Waals surface area contributed by atoms with Crippen LogP contribution in [0.2, 0.25) is 0 Å². The van der Waals surface area contributed by atoms with Crippen LogP contribution in [0.4, 0.5) is 4.79 Å². The van der Waals surface area contributed by atoms with E-state index in [1.807, 2.05) is 48.5 Å². The minimum absolute atomic E-state index is 0.0611. The van der Waals surface area contributed by atoms with Gasteiger partial charge in [-0.05, 0) is 41.5 Å². The van der Waals surface area contributed by atoms with Crippen LogP contribution in [-0.2, 0) is 61.8 Å². The Labute approximate surface area is 473 Å². The number of carbonyl (C=O) groups excluding carboxylic acids is 3. The number of ether oxygens (including phenoxy) is 9. The Kier molecular flexibility index (Phi) is 22.7. The number of hydrogen-bond donors (Lipinski definition) is 17. The summed E-state index contributed by atoms with van der Waals surface area (Å²) >= 11 is 0. The predicted molar refractivity (Wildman–Crippen MR) is 271 cm³/mol. The van der Waals surface area contributed by atoms with Crippen molar-refractivity contribution in [2.24, 2.45) is 0 Å². The van der Waals surface area contributed by atoms with Crippen LogP contribution in [-0.4, -0.2) is 275 Å². The molecule has 3 amide bonds. The first-order chi connectivity index (χ1) is 39.5. The maximum absolute atomic E-state index is 13.4. The molecular weight excluding hydrogens is 1110 g/mol. The van der Waals surface area contributed by atoms with Crippen molar-refractivity contribution in [3.63, 3.8) is 0 Å². The van der Waals surface area contributed by atoms with Gasteiger partial charge in [0.05, 0.1) is 38.6 Å². The molecule has 2 aromatic rings. The molecule has 0 spiro atoms. The number of benzene rings is 2. The Hall–Kier alpha value is -5.21. The van der Waals surface area contributed by atoms with E-state index in [2.05, 4.69) is 16.0 Å². The SMILES string of the molecule is CC(=O)N[C@H]1[C@H](O[C@@H]2[C@H](O[C@]3(C(=O)O)C[C@H](O)[C@@H](NC(C)=O)[C@H]([C@H](O)[C@H](O)CO)O3)[C@@H](O)[C@H](O[C@H]3[C@H](O)[C@@H](O)[C@H](OCCCC[C@H](NC(=O)OCC4c5ccccc5-c5ccccc54)C(=O)O)O[C@@H]3CO)O[C@@H]2CO)O[C@H](CO)[C@H](O)[C@@H]1O. The first kappa shape index (κ1) is 65.3. The van der Waals surface area contributed by atoms with Crippen LogP contribution < -0.4 is 16.0 Å². The second kappa shape index (κ2) is 28.8. The Morgan fingerprint density at radius 2 is 1.23 bits per heavy atom. The van der Waals surface area contributed by atoms with Gasteiger partial charge in [0.15, 0.2) is 18.9 Å². The van der Waals surface area contributed by atoms with Gasteiger partial charge in [0.1, 0.15) is 104 Å². The summed E-state index contributed by atoms with van der Waals surface area (Å²) in [6, 6.07) is 10.5. The number of carboxylic acids is 2. The summed E-state index contributed by atoms with van der Waals surface area (Å²) in [7, 11) is 0. The largest absolute Gasteiger partial charge is 0.480 e. The first-order valence-corrected chi connectivity index (χ1v) is 26.7. The lowest BCUT2D eigenvalue weighted by molar-refractivity contribution is -0.400. The number of fused-ring (bicyclic) bond motifs is 3. The Bertz CT molecular complexity index is 2470. The van der Waals surface area contributed by atoms with Crippen LogP contribution in [0.3, 0.4) is 0 Å². The normalized spacial score (nSPS) is 35.4. The molecule has 2 aromatic carbocycles. The highest BCUT2D eigenvalue weighted by Gasteiger charge is 2.61. The second-order valence-corrected chi connectivity index (χ2v) is 20.7. The van der Waals surface area contributed by atoms with E-state index in [0.29, 0.717) is 0 Å². The third kappa shape index (κ3) is 14.7. The number of aliphatic hydroxyl groups is 12. The number of unbranched alkanes of at least 4 members (excludes halogenated alkanes) is 1. The molecule has 31 heteroatoms. The Morgan fingerprint density at radius 1 is 0.663 bits per heavy atom. The molecule has 0 bridgehead atoms. The number of carboxylic acid groups (broad SMARTS) is 2. The molecule has 464 valence electrons. The van der Waals surface area contributed by atoms with Gasteiger partial charge >= 0.3 is 18.0 Å². The fourth-order valence-electron chi connectivity index (χ4n) is 10.9. The predicted octanol–water partition coefficient (Wildman–Crippen LogP) is -6.07. The summed E-state index contributed by atoms with van der Waals surface area (Å²) < 4.78 is 52.4. The third-order valence-corrected chi connectivity index (χ3v) is 15.1. The van der Waals surface area contributed by atoms with Crippen molar-refractivity contribution < 1.29 is 138 Å². The number of hydrogen-bond acceptors (Lipinski definition) is 26. The number of alkyl carbamates (subject to hydrolysis) is 1. The van der Waals surface area contributed by atoms with Crippen molar-refractivity contribution in [2.75, 3.05) is 39.6 Å². The van der Waals surface area contributed by atoms with E-state index in [1.165, 1.54) is 0 Å². The van der Waals surface area contributed by atoms with Gasteiger partial charge in [0, 0.05) is 32.8 Å². The maximum atomic E-state index is 13.4. The van der Waals surface area contributed by atoms with Crippen LogP contribution in [0, 0.1) is 0 Å². The molecule has 83 heavy (non-hydrogen) atoms. The van der Waals surface area contributed by atoms with Crippen molar-refractivity contribution in [3.8, 4) is 11.1 Å². The zero-order valence-corrected chi connectivity index (χ0v) is 44.9. The molecule has 17 N–H and O–H groups in total. The first-order valence-electron chi connectivity index (χ1n) is 26.7. The average molecular weight is 1190 g/mol. The lowest BCUT2D eigenvalue weighted by atomic mass is 9.88. The van der Waals surface area contributed by atoms with E-state index in [4.69, 9.17) is 42.6 Å². The zero-order valence-electron chi connectivity index (χ0n) is 44.9. The van der Waals surface area contributed by atoms with Gasteiger partial charge in [-0.15, -0.1) is 0 Å². The third-order valence-electron chi connectivity index (χ3n) is 15.1. The smallest absolute Gasteiger partial charge is 0.407 e. The fourth-order valence-corrected chi connectivity index (χ4v) is 10.9. The van der Waals surface area contributed by atoms with E-state index in [-0.39, 0.29) is 38.4 Å². The molecule has 0 saturated carbocycles. The molecule has 7 rings (SSSR count). The minimum Gasteiger partial charge on any atom is -0.480 e. The van der Waals surface area contributed by atoms with Crippen LogP contribution >= 0.6 is 0 Å². The summed E-state index contributed by atoms with van der Waals surface area (Å²) in [6.07, 6.45) is -38.5. The molecule has 0 radical (unpaired) electrons. The standard InChI is InChI=1S/C52H73N3O28/c1-21(60)53-34-29(62)15-52(50(72)73,82-44(34)36(64)30(63)16-56)83-45-41(69)49(79-33(19-59)43(45)81-47-35(54-22(2)61)38(66)37(65)31(17-57)77-47)80-42-32(18-58)78-48(40(68)39(42)67)75-14-8-7-13-28(46(70)71)55-51(74)76-20-27-25-11-5-3-9-23(25)24-10-4-6-12-26(24)27/h3-6,9-12,27-45,47-49,56-59,62-69H,7-8,13-20H2,1-2H3,(H,53,60)(H,54,61)(H,55,74)(H,70,71)(H,72,73)/t28-,29-,30+,31+,32+,33+,34+,35+,36+,37-,38+,39+,40+,41+,42+,43-,44+,45+,47-,48+,49-,52-/m0/s1. The number of rotatable bonds is 25. The van der Waals surface area contributed by atoms with Gasteiger partial charge in [-0.25, -0.2) is 14.4 Å². The summed E-state index contributed by atoms with van der Waals surface area (Å²) in [6.45, 7) is -2.60. The lowest BCUT2D eigenvalue weighted by Crippen LogP contribution is -2.72. The van der Waals surface area contributed by atoms with Gasteiger partial charge in [0.25, 0.3) is 5.79 Å². The summed E-state index contributed by atoms with van der Waals surface area (Å²) in [5, 5.41) is 158. The second-order valence-electron chi connectivity index (χ2n) is 20.7. The van der Waals surface area contributed by atoms with Gasteiger partial charge in [-0.3, -0.25) is 9.59 Å². The van der Waals surface area contributed by atoms with Crippen LogP contribution in [0.5, 0.6) is 0 Å². The molecule has 31 nitrogen and oxygen atoms in total. The molecular formula is C52H73N3O28. The van der Waals surface area contributed by atoms with Crippen LogP contribution in [0.25, 0.3) is 11.1 Å². The maximum Gasteiger partial charge on any atom is 0.407 e. The Morgan fingerprint density at radius 3 is 1.81 bits per heavy atom. The topological polar surface area (TPSA) is 488 Å². The van der Waals surface area contributed by atoms with Gasteiger partial charge in [-0.2, -0.15) is 0 Å². The highest BCUT2D eigenvalue weighted by Crippen LogP contribution is 2.45. The summed E-state index contributed by atoms with van der Waals surface area (Å²) in [4.78, 5) is 63.1. The monoisotopic (exact) mass is 1190 g/mol. The van der Waals surface area contributed by atoms with Crippen LogP contribution in [0.15, 0.2) is 48.5 Å². The van der Waals surface area contributed by atoms with Crippen molar-refractivity contribution in [3.05, 3.63) is 59.7 Å². The Balaban J connectivity index is 1.04. The lowest BCUT2D eigenvalue weighted by Gasteiger charge is -2.52. The molecule has 4 heterocycles. The molecule has 0 aromatic heterocycles. The van der Waals surface area contributed by atoms with Crippen LogP contribution in [0.1, 0.15) is 56.6 Å². The van der Waals surface area contributed by atoms with E-state index >= 15 is 0 Å². The number of carbonyl (C=O) groups is 5. The zero-order chi connectivity index (χ0) is 60.6.